The van der Waals surface area contributed by atoms with E-state index in [0.29, 0.717) is 49.9 Å². The van der Waals surface area contributed by atoms with Gasteiger partial charge in [-0.2, -0.15) is 5.10 Å². The molecule has 7 rings (SSSR count). The Morgan fingerprint density at radius 1 is 0.944 bits per heavy atom. The highest BCUT2D eigenvalue weighted by Crippen LogP contribution is 2.31. The third kappa shape index (κ3) is 8.78. The van der Waals surface area contributed by atoms with Crippen molar-refractivity contribution >= 4 is 28.5 Å². The molecule has 2 saturated heterocycles. The molecule has 0 aliphatic carbocycles. The second kappa shape index (κ2) is 17.3. The van der Waals surface area contributed by atoms with Gasteiger partial charge in [0.1, 0.15) is 0 Å². The molecule has 5 heterocycles. The van der Waals surface area contributed by atoms with Crippen LogP contribution in [0.2, 0.25) is 0 Å². The molecular formula is C42H51N9O3. The van der Waals surface area contributed by atoms with Gasteiger partial charge in [-0.3, -0.25) is 19.5 Å². The van der Waals surface area contributed by atoms with E-state index in [1.54, 1.807) is 30.5 Å². The van der Waals surface area contributed by atoms with Gasteiger partial charge in [-0.25, -0.2) is 9.67 Å². The first-order chi connectivity index (χ1) is 26.4. The van der Waals surface area contributed by atoms with E-state index in [1.165, 1.54) is 5.56 Å². The van der Waals surface area contributed by atoms with Gasteiger partial charge < -0.3 is 26.0 Å². The molecule has 5 aromatic rings. The minimum atomic E-state index is -0.263. The van der Waals surface area contributed by atoms with E-state index in [-0.39, 0.29) is 24.4 Å². The van der Waals surface area contributed by atoms with Crippen LogP contribution in [0.5, 0.6) is 0 Å². The summed E-state index contributed by atoms with van der Waals surface area (Å²) in [6, 6.07) is 20.0. The first kappa shape index (κ1) is 37.2. The summed E-state index contributed by atoms with van der Waals surface area (Å²) in [6.07, 6.45) is 6.15. The molecule has 3 aromatic heterocycles. The third-order valence-electron chi connectivity index (χ3n) is 10.3. The molecular weight excluding hydrogens is 679 g/mol. The number of pyridine rings is 2. The first-order valence-corrected chi connectivity index (χ1v) is 19.3. The number of nitrogens with one attached hydrogen (secondary N) is 4. The van der Waals surface area contributed by atoms with Crippen LogP contribution in [0.4, 0.5) is 5.69 Å². The van der Waals surface area contributed by atoms with E-state index in [4.69, 9.17) is 9.72 Å². The quantitative estimate of drug-likeness (QED) is 0.127. The number of carbonyl (C=O) groups is 2. The highest BCUT2D eigenvalue weighted by atomic mass is 16.5. The maximum atomic E-state index is 13.6. The summed E-state index contributed by atoms with van der Waals surface area (Å²) >= 11 is 0. The van der Waals surface area contributed by atoms with Gasteiger partial charge in [-0.1, -0.05) is 31.2 Å². The monoisotopic (exact) mass is 729 g/mol. The van der Waals surface area contributed by atoms with E-state index in [2.05, 4.69) is 81.3 Å². The third-order valence-corrected chi connectivity index (χ3v) is 10.3. The van der Waals surface area contributed by atoms with Crippen molar-refractivity contribution in [2.75, 3.05) is 38.2 Å². The maximum Gasteiger partial charge on any atom is 0.251 e. The fraction of sp³-hybridized carbons (Fsp3) is 0.405. The summed E-state index contributed by atoms with van der Waals surface area (Å²) in [5, 5.41) is 18.9. The number of benzene rings is 2. The molecule has 1 atom stereocenters. The molecule has 0 saturated carbocycles. The van der Waals surface area contributed by atoms with Gasteiger partial charge in [0, 0.05) is 105 Å². The molecule has 0 unspecified atom stereocenters. The van der Waals surface area contributed by atoms with Gasteiger partial charge in [-0.15, -0.1) is 0 Å². The lowest BCUT2D eigenvalue weighted by molar-refractivity contribution is 0.0904. The number of carbonyl (C=O) groups excluding carboxylic acids is 2. The number of ether oxygens (including phenoxy) is 1. The van der Waals surface area contributed by atoms with E-state index in [0.717, 1.165) is 83.8 Å². The van der Waals surface area contributed by atoms with Crippen LogP contribution >= 0.6 is 0 Å². The Morgan fingerprint density at radius 3 is 2.48 bits per heavy atom. The van der Waals surface area contributed by atoms with Crippen LogP contribution in [-0.2, 0) is 37.3 Å². The molecule has 0 bridgehead atoms. The van der Waals surface area contributed by atoms with Crippen molar-refractivity contribution < 1.29 is 14.3 Å². The molecule has 12 nitrogen and oxygen atoms in total. The van der Waals surface area contributed by atoms with Gasteiger partial charge in [0.25, 0.3) is 11.8 Å². The Bertz CT molecular complexity index is 2090. The number of amides is 2. The second-order valence-corrected chi connectivity index (χ2v) is 14.3. The predicted octanol–water partition coefficient (Wildman–Crippen LogP) is 5.32. The number of aromatic nitrogens is 4. The van der Waals surface area contributed by atoms with Gasteiger partial charge >= 0.3 is 0 Å². The Labute approximate surface area is 317 Å². The number of fused-ring (bicyclic) bond motifs is 1. The van der Waals surface area contributed by atoms with Crippen LogP contribution < -0.4 is 21.3 Å². The molecule has 282 valence electrons. The van der Waals surface area contributed by atoms with Crippen molar-refractivity contribution in [1.29, 1.82) is 0 Å². The predicted molar refractivity (Wildman–Crippen MR) is 211 cm³/mol. The number of piperazine rings is 1. The van der Waals surface area contributed by atoms with Crippen LogP contribution in [-0.4, -0.2) is 81.4 Å². The summed E-state index contributed by atoms with van der Waals surface area (Å²) in [5.41, 5.74) is 8.60. The molecule has 2 aromatic carbocycles. The minimum absolute atomic E-state index is 0.255. The summed E-state index contributed by atoms with van der Waals surface area (Å²) < 4.78 is 7.51. The molecule has 54 heavy (non-hydrogen) atoms. The van der Waals surface area contributed by atoms with Gasteiger partial charge in [0.15, 0.2) is 5.65 Å². The van der Waals surface area contributed by atoms with E-state index in [9.17, 15) is 9.59 Å². The smallest absolute Gasteiger partial charge is 0.251 e. The Hall–Kier alpha value is -5.17. The number of rotatable bonds is 13. The zero-order chi connectivity index (χ0) is 37.4. The van der Waals surface area contributed by atoms with Gasteiger partial charge in [0.2, 0.25) is 0 Å². The number of hydrogen-bond donors (Lipinski definition) is 4. The van der Waals surface area contributed by atoms with Crippen molar-refractivity contribution in [3.63, 3.8) is 0 Å². The molecule has 0 spiro atoms. The lowest BCUT2D eigenvalue weighted by Gasteiger charge is -2.31. The zero-order valence-corrected chi connectivity index (χ0v) is 31.5. The van der Waals surface area contributed by atoms with Crippen molar-refractivity contribution in [2.45, 2.75) is 78.3 Å². The highest BCUT2D eigenvalue weighted by Gasteiger charge is 2.23. The minimum Gasteiger partial charge on any atom is -0.381 e. The molecule has 2 fully saturated rings. The summed E-state index contributed by atoms with van der Waals surface area (Å²) in [6.45, 7) is 13.1. The van der Waals surface area contributed by atoms with Crippen LogP contribution in [0.3, 0.4) is 0 Å². The number of anilines is 1. The molecule has 12 heteroatoms. The SMILES string of the molecule is CCc1nc2c(cnn2CC)c(NC2CCOCC2)c1CNC(=O)c1cccc(C(=O)NCc2ccnc(-c3cccc(CN4CCN[C@@H](C)C4)c3)c2)c1. The standard InChI is InChI=1S/C42H51N9O3/c1-4-37-35(39(48-34-13-18-54-19-14-34)36-25-47-51(5-2)40(36)49-37)24-46-42(53)33-11-7-10-32(22-33)41(52)45-23-29-12-15-44-38(21-29)31-9-6-8-30(20-31)27-50-17-16-43-28(3)26-50/h6-12,15,20-22,25,28,34,43H,4-5,13-14,16-19,23-24,26-27H2,1-3H3,(H,45,52)(H,46,53)(H,48,49)/t28-/m0/s1. The average Bonchev–Trinajstić information content (AvgIpc) is 3.63. The lowest BCUT2D eigenvalue weighted by Crippen LogP contribution is -2.48. The average molecular weight is 730 g/mol. The van der Waals surface area contributed by atoms with Crippen molar-refractivity contribution in [3.8, 4) is 11.3 Å². The summed E-state index contributed by atoms with van der Waals surface area (Å²) in [5.74, 6) is -0.519. The van der Waals surface area contributed by atoms with Crippen molar-refractivity contribution in [2.24, 2.45) is 0 Å². The van der Waals surface area contributed by atoms with E-state index >= 15 is 0 Å². The van der Waals surface area contributed by atoms with Crippen LogP contribution in [0.25, 0.3) is 22.3 Å². The topological polar surface area (TPSA) is 138 Å². The largest absolute Gasteiger partial charge is 0.381 e. The molecule has 0 radical (unpaired) electrons. The Balaban J connectivity index is 1.00. The van der Waals surface area contributed by atoms with Gasteiger partial charge in [-0.05, 0) is 80.6 Å². The number of nitrogens with zero attached hydrogens (tertiary/aromatic N) is 5. The lowest BCUT2D eigenvalue weighted by atomic mass is 10.0. The van der Waals surface area contributed by atoms with Crippen LogP contribution in [0, 0.1) is 0 Å². The van der Waals surface area contributed by atoms with Crippen LogP contribution in [0.1, 0.15) is 76.7 Å². The molecule has 2 amide bonds. The van der Waals surface area contributed by atoms with E-state index < -0.39 is 0 Å². The molecule has 2 aliphatic rings. The Morgan fingerprint density at radius 2 is 1.72 bits per heavy atom. The Kier molecular flexibility index (Phi) is 11.9. The fourth-order valence-corrected chi connectivity index (χ4v) is 7.44. The van der Waals surface area contributed by atoms with Crippen LogP contribution in [0.15, 0.2) is 73.1 Å². The summed E-state index contributed by atoms with van der Waals surface area (Å²) in [7, 11) is 0. The second-order valence-electron chi connectivity index (χ2n) is 14.3. The zero-order valence-electron chi connectivity index (χ0n) is 31.5. The maximum absolute atomic E-state index is 13.6. The molecule has 2 aliphatic heterocycles. The number of hydrogen-bond acceptors (Lipinski definition) is 9. The molecule has 4 N–H and O–H groups in total. The fourth-order valence-electron chi connectivity index (χ4n) is 7.44. The summed E-state index contributed by atoms with van der Waals surface area (Å²) in [4.78, 5) is 39.0. The number of aryl methyl sites for hydroxylation is 2. The van der Waals surface area contributed by atoms with E-state index in [1.807, 2.05) is 23.0 Å². The first-order valence-electron chi connectivity index (χ1n) is 19.3. The van der Waals surface area contributed by atoms with Crippen molar-refractivity contribution in [3.05, 3.63) is 107 Å². The normalized spacial score (nSPS) is 16.7. The van der Waals surface area contributed by atoms with Gasteiger partial charge in [0.05, 0.1) is 23.0 Å². The highest BCUT2D eigenvalue weighted by molar-refractivity contribution is 6.00. The van der Waals surface area contributed by atoms with Crippen molar-refractivity contribution in [1.82, 2.24) is 40.6 Å².